The summed E-state index contributed by atoms with van der Waals surface area (Å²) in [6.45, 7) is 2.11. The van der Waals surface area contributed by atoms with Gasteiger partial charge in [0.1, 0.15) is 5.82 Å². The molecule has 3 aromatic rings. The van der Waals surface area contributed by atoms with E-state index >= 15 is 0 Å². The Bertz CT molecular complexity index is 763. The molecule has 0 spiro atoms. The molecule has 0 radical (unpaired) electrons. The Balaban J connectivity index is 1.71. The van der Waals surface area contributed by atoms with E-state index in [1.165, 1.54) is 22.5 Å². The van der Waals surface area contributed by atoms with Crippen molar-refractivity contribution in [1.29, 1.82) is 0 Å². The van der Waals surface area contributed by atoms with Crippen molar-refractivity contribution in [1.82, 2.24) is 9.55 Å². The van der Waals surface area contributed by atoms with Gasteiger partial charge in [-0.1, -0.05) is 30.3 Å². The molecule has 1 aliphatic heterocycles. The van der Waals surface area contributed by atoms with Crippen molar-refractivity contribution in [3.8, 4) is 5.69 Å². The van der Waals surface area contributed by atoms with Crippen LogP contribution in [0, 0.1) is 6.92 Å². The first-order valence-electron chi connectivity index (χ1n) is 7.26. The first-order valence-corrected chi connectivity index (χ1v) is 7.26. The van der Waals surface area contributed by atoms with E-state index in [0.717, 1.165) is 12.2 Å². The number of aryl methyl sites for hydroxylation is 1. The van der Waals surface area contributed by atoms with Crippen LogP contribution in [-0.2, 0) is 6.42 Å². The normalized spacial score (nSPS) is 16.5. The van der Waals surface area contributed by atoms with Gasteiger partial charge in [-0.05, 0) is 36.2 Å². The third kappa shape index (κ3) is 2.11. The van der Waals surface area contributed by atoms with Crippen molar-refractivity contribution in [2.45, 2.75) is 19.4 Å². The highest BCUT2D eigenvalue weighted by Crippen LogP contribution is 2.33. The van der Waals surface area contributed by atoms with Gasteiger partial charge in [-0.25, -0.2) is 4.98 Å². The summed E-state index contributed by atoms with van der Waals surface area (Å²) in [4.78, 5) is 4.59. The summed E-state index contributed by atoms with van der Waals surface area (Å²) in [5, 5.41) is 3.58. The number of fused-ring (bicyclic) bond motifs is 1. The minimum Gasteiger partial charge on any atom is -0.375 e. The van der Waals surface area contributed by atoms with Gasteiger partial charge in [0.25, 0.3) is 0 Å². The van der Waals surface area contributed by atoms with E-state index in [-0.39, 0.29) is 6.04 Å². The lowest BCUT2D eigenvalue weighted by Crippen LogP contribution is -2.12. The molecule has 0 saturated carbocycles. The highest BCUT2D eigenvalue weighted by atomic mass is 15.1. The summed E-state index contributed by atoms with van der Waals surface area (Å²) in [5.41, 5.74) is 5.01. The highest BCUT2D eigenvalue weighted by molar-refractivity contribution is 5.57. The van der Waals surface area contributed by atoms with Gasteiger partial charge in [-0.3, -0.25) is 0 Å². The van der Waals surface area contributed by atoms with Crippen molar-refractivity contribution >= 4 is 5.69 Å². The first kappa shape index (κ1) is 12.2. The fourth-order valence-electron chi connectivity index (χ4n) is 3.02. The molecule has 1 aromatic heterocycles. The second-order valence-electron chi connectivity index (χ2n) is 5.55. The quantitative estimate of drug-likeness (QED) is 0.769. The molecule has 0 unspecified atom stereocenters. The van der Waals surface area contributed by atoms with Crippen LogP contribution >= 0.6 is 0 Å². The largest absolute Gasteiger partial charge is 0.375 e. The van der Waals surface area contributed by atoms with E-state index in [1.54, 1.807) is 0 Å². The van der Waals surface area contributed by atoms with Gasteiger partial charge in [0.2, 0.25) is 0 Å². The third-order valence-corrected chi connectivity index (χ3v) is 4.03. The molecular weight excluding hydrogens is 258 g/mol. The van der Waals surface area contributed by atoms with Crippen molar-refractivity contribution in [2.75, 3.05) is 5.32 Å². The van der Waals surface area contributed by atoms with Gasteiger partial charge < -0.3 is 9.88 Å². The number of imidazole rings is 1. The molecule has 3 heteroatoms. The number of benzene rings is 2. The van der Waals surface area contributed by atoms with E-state index in [1.807, 2.05) is 12.4 Å². The van der Waals surface area contributed by atoms with Gasteiger partial charge in [0, 0.05) is 30.2 Å². The van der Waals surface area contributed by atoms with Crippen LogP contribution in [0.25, 0.3) is 5.69 Å². The number of para-hydroxylation sites is 1. The number of rotatable bonds is 2. The summed E-state index contributed by atoms with van der Waals surface area (Å²) in [5.74, 6) is 1.07. The van der Waals surface area contributed by atoms with Crippen molar-refractivity contribution in [3.05, 3.63) is 77.9 Å². The van der Waals surface area contributed by atoms with Gasteiger partial charge in [-0.15, -0.1) is 0 Å². The Morgan fingerprint density at radius 1 is 1.14 bits per heavy atom. The fraction of sp³-hybridized carbons (Fsp3) is 0.167. The highest BCUT2D eigenvalue weighted by Gasteiger charge is 2.25. The molecule has 2 heterocycles. The Kier molecular flexibility index (Phi) is 2.78. The van der Waals surface area contributed by atoms with Gasteiger partial charge in [0.05, 0.1) is 6.04 Å². The van der Waals surface area contributed by atoms with E-state index < -0.39 is 0 Å². The average Bonchev–Trinajstić information content (AvgIpc) is 3.13. The Morgan fingerprint density at radius 2 is 2.05 bits per heavy atom. The standard InChI is InChI=1S/C18H17N3/c1-13-5-4-7-15(11-13)21-10-9-19-18(21)17-12-14-6-2-3-8-16(14)20-17/h2-11,17,20H,12H2,1H3/t17-/m0/s1. The molecule has 0 saturated heterocycles. The number of aromatic nitrogens is 2. The second-order valence-corrected chi connectivity index (χ2v) is 5.55. The first-order chi connectivity index (χ1) is 10.3. The maximum atomic E-state index is 4.59. The Hall–Kier alpha value is -2.55. The number of nitrogens with zero attached hydrogens (tertiary/aromatic N) is 2. The van der Waals surface area contributed by atoms with Crippen LogP contribution in [0.5, 0.6) is 0 Å². The number of hydrogen-bond acceptors (Lipinski definition) is 2. The molecule has 3 nitrogen and oxygen atoms in total. The van der Waals surface area contributed by atoms with E-state index in [4.69, 9.17) is 0 Å². The van der Waals surface area contributed by atoms with Crippen molar-refractivity contribution in [2.24, 2.45) is 0 Å². The molecule has 1 aliphatic rings. The SMILES string of the molecule is Cc1cccc(-n2ccnc2[C@@H]2Cc3ccccc3N2)c1. The maximum absolute atomic E-state index is 4.59. The number of hydrogen-bond donors (Lipinski definition) is 1. The van der Waals surface area contributed by atoms with Gasteiger partial charge >= 0.3 is 0 Å². The van der Waals surface area contributed by atoms with E-state index in [9.17, 15) is 0 Å². The average molecular weight is 275 g/mol. The predicted molar refractivity (Wildman–Crippen MR) is 84.8 cm³/mol. The summed E-state index contributed by atoms with van der Waals surface area (Å²) in [6.07, 6.45) is 4.90. The Labute approximate surface area is 124 Å². The van der Waals surface area contributed by atoms with Crippen LogP contribution in [0.1, 0.15) is 23.0 Å². The molecule has 2 aromatic carbocycles. The zero-order valence-electron chi connectivity index (χ0n) is 12.0. The zero-order chi connectivity index (χ0) is 14.2. The predicted octanol–water partition coefficient (Wildman–Crippen LogP) is 3.89. The van der Waals surface area contributed by atoms with Crippen LogP contribution in [0.15, 0.2) is 60.9 Å². The summed E-state index contributed by atoms with van der Waals surface area (Å²) in [6, 6.07) is 17.2. The molecule has 0 bridgehead atoms. The van der Waals surface area contributed by atoms with Crippen molar-refractivity contribution < 1.29 is 0 Å². The Morgan fingerprint density at radius 3 is 2.90 bits per heavy atom. The van der Waals surface area contributed by atoms with Crippen LogP contribution in [0.4, 0.5) is 5.69 Å². The lowest BCUT2D eigenvalue weighted by atomic mass is 10.1. The molecule has 0 fully saturated rings. The van der Waals surface area contributed by atoms with Crippen LogP contribution in [0.2, 0.25) is 0 Å². The summed E-state index contributed by atoms with van der Waals surface area (Å²) >= 11 is 0. The zero-order valence-corrected chi connectivity index (χ0v) is 12.0. The minimum atomic E-state index is 0.234. The van der Waals surface area contributed by atoms with Crippen molar-refractivity contribution in [3.63, 3.8) is 0 Å². The molecule has 4 rings (SSSR count). The topological polar surface area (TPSA) is 29.9 Å². The smallest absolute Gasteiger partial charge is 0.136 e. The molecule has 104 valence electrons. The molecular formula is C18H17N3. The number of nitrogens with one attached hydrogen (secondary N) is 1. The molecule has 0 aliphatic carbocycles. The monoisotopic (exact) mass is 275 g/mol. The number of anilines is 1. The summed E-state index contributed by atoms with van der Waals surface area (Å²) in [7, 11) is 0. The molecule has 21 heavy (non-hydrogen) atoms. The second kappa shape index (κ2) is 4.77. The lowest BCUT2D eigenvalue weighted by molar-refractivity contribution is 0.728. The van der Waals surface area contributed by atoms with Crippen LogP contribution < -0.4 is 5.32 Å². The van der Waals surface area contributed by atoms with Crippen LogP contribution in [0.3, 0.4) is 0 Å². The maximum Gasteiger partial charge on any atom is 0.136 e. The summed E-state index contributed by atoms with van der Waals surface area (Å²) < 4.78 is 2.18. The van der Waals surface area contributed by atoms with E-state index in [0.29, 0.717) is 0 Å². The lowest BCUT2D eigenvalue weighted by Gasteiger charge is -2.14. The molecule has 0 amide bonds. The molecule has 1 N–H and O–H groups in total. The molecule has 1 atom stereocenters. The van der Waals surface area contributed by atoms with Gasteiger partial charge in [0.15, 0.2) is 0 Å². The van der Waals surface area contributed by atoms with E-state index in [2.05, 4.69) is 70.3 Å². The fourth-order valence-corrected chi connectivity index (χ4v) is 3.02. The van der Waals surface area contributed by atoms with Gasteiger partial charge in [-0.2, -0.15) is 0 Å². The third-order valence-electron chi connectivity index (χ3n) is 4.03. The minimum absolute atomic E-state index is 0.234. The van der Waals surface area contributed by atoms with Crippen LogP contribution in [-0.4, -0.2) is 9.55 Å².